The molecule has 0 aromatic carbocycles. The van der Waals surface area contributed by atoms with Crippen molar-refractivity contribution in [2.75, 3.05) is 24.6 Å². The first-order chi connectivity index (χ1) is 9.97. The fourth-order valence-electron chi connectivity index (χ4n) is 2.40. The van der Waals surface area contributed by atoms with Crippen molar-refractivity contribution in [1.29, 1.82) is 0 Å². The summed E-state index contributed by atoms with van der Waals surface area (Å²) in [4.78, 5) is 22.5. The molecular weight excluding hydrogens is 268 g/mol. The number of amides is 1. The molecule has 1 fully saturated rings. The van der Waals surface area contributed by atoms with E-state index in [0.29, 0.717) is 13.1 Å². The van der Waals surface area contributed by atoms with Gasteiger partial charge in [-0.3, -0.25) is 4.79 Å². The topological polar surface area (TPSA) is 78.4 Å². The van der Waals surface area contributed by atoms with Crippen molar-refractivity contribution in [3.05, 3.63) is 18.6 Å². The van der Waals surface area contributed by atoms with E-state index < -0.39 is 0 Å². The van der Waals surface area contributed by atoms with Crippen molar-refractivity contribution in [2.45, 2.75) is 33.2 Å². The second kappa shape index (κ2) is 6.39. The summed E-state index contributed by atoms with van der Waals surface area (Å²) >= 11 is 0. The van der Waals surface area contributed by atoms with E-state index >= 15 is 0 Å². The number of nitrogens with one attached hydrogen (secondary N) is 1. The Balaban J connectivity index is 2.05. The number of carbonyl (C=O) groups is 1. The van der Waals surface area contributed by atoms with Crippen LogP contribution in [0.3, 0.4) is 0 Å². The summed E-state index contributed by atoms with van der Waals surface area (Å²) in [6.07, 6.45) is 3.99. The van der Waals surface area contributed by atoms with Crippen molar-refractivity contribution in [1.82, 2.24) is 15.3 Å². The third-order valence-electron chi connectivity index (χ3n) is 4.38. The molecule has 6 heteroatoms. The van der Waals surface area contributed by atoms with Crippen LogP contribution in [-0.4, -0.2) is 46.7 Å². The summed E-state index contributed by atoms with van der Waals surface area (Å²) in [7, 11) is 0. The van der Waals surface area contributed by atoms with Crippen LogP contribution >= 0.6 is 0 Å². The smallest absolute Gasteiger partial charge is 0.225 e. The number of aliphatic hydroxyl groups is 1. The second-order valence-electron chi connectivity index (χ2n) is 6.23. The van der Waals surface area contributed by atoms with Crippen LogP contribution in [0.4, 0.5) is 5.82 Å². The number of anilines is 1. The van der Waals surface area contributed by atoms with E-state index in [1.807, 2.05) is 26.8 Å². The Bertz CT molecular complexity index is 478. The van der Waals surface area contributed by atoms with E-state index in [4.69, 9.17) is 0 Å². The summed E-state index contributed by atoms with van der Waals surface area (Å²) in [6, 6.07) is 1.79. The summed E-state index contributed by atoms with van der Waals surface area (Å²) in [5, 5.41) is 12.7. The zero-order valence-corrected chi connectivity index (χ0v) is 12.9. The molecule has 1 saturated heterocycles. The average molecular weight is 292 g/mol. The van der Waals surface area contributed by atoms with Crippen LogP contribution in [-0.2, 0) is 4.79 Å². The zero-order chi connectivity index (χ0) is 15.5. The van der Waals surface area contributed by atoms with Gasteiger partial charge in [0.25, 0.3) is 0 Å². The molecule has 2 atom stereocenters. The first kappa shape index (κ1) is 15.7. The molecule has 2 heterocycles. The number of hydrogen-bond donors (Lipinski definition) is 2. The fraction of sp³-hybridized carbons (Fsp3) is 0.667. The van der Waals surface area contributed by atoms with Crippen LogP contribution in [0.25, 0.3) is 0 Å². The highest BCUT2D eigenvalue weighted by Gasteiger charge is 2.36. The monoisotopic (exact) mass is 292 g/mol. The van der Waals surface area contributed by atoms with Crippen LogP contribution in [0.1, 0.15) is 27.2 Å². The molecule has 0 unspecified atom stereocenters. The molecule has 1 amide bonds. The summed E-state index contributed by atoms with van der Waals surface area (Å²) in [5.41, 5.74) is -0.387. The maximum absolute atomic E-state index is 12.3. The largest absolute Gasteiger partial charge is 0.396 e. The average Bonchev–Trinajstić information content (AvgIpc) is 2.91. The summed E-state index contributed by atoms with van der Waals surface area (Å²) < 4.78 is 0. The third-order valence-corrected chi connectivity index (χ3v) is 4.38. The van der Waals surface area contributed by atoms with Gasteiger partial charge in [-0.15, -0.1) is 0 Å². The number of aromatic nitrogens is 2. The third kappa shape index (κ3) is 3.50. The van der Waals surface area contributed by atoms with Gasteiger partial charge >= 0.3 is 0 Å². The molecule has 1 aliphatic heterocycles. The Morgan fingerprint density at radius 3 is 2.86 bits per heavy atom. The lowest BCUT2D eigenvalue weighted by Crippen LogP contribution is -2.47. The molecule has 0 saturated carbocycles. The van der Waals surface area contributed by atoms with Gasteiger partial charge in [0, 0.05) is 37.2 Å². The Hall–Kier alpha value is -1.69. The maximum Gasteiger partial charge on any atom is 0.225 e. The standard InChI is InChI=1S/C15H24N4O2/c1-4-15(2,3)14(21)18-12-8-19(7-11(12)9-20)13-5-6-16-10-17-13/h5-6,10-12,20H,4,7-9H2,1-3H3,(H,18,21)/t11-,12+/m0/s1. The van der Waals surface area contributed by atoms with Gasteiger partial charge in [-0.1, -0.05) is 20.8 Å². The number of hydrogen-bond acceptors (Lipinski definition) is 5. The van der Waals surface area contributed by atoms with Gasteiger partial charge in [-0.05, 0) is 12.5 Å². The van der Waals surface area contributed by atoms with Crippen molar-refractivity contribution >= 4 is 11.7 Å². The van der Waals surface area contributed by atoms with Gasteiger partial charge in [0.2, 0.25) is 5.91 Å². The van der Waals surface area contributed by atoms with Crippen molar-refractivity contribution in [3.8, 4) is 0 Å². The summed E-state index contributed by atoms with van der Waals surface area (Å²) in [6.45, 7) is 7.28. The van der Waals surface area contributed by atoms with Gasteiger partial charge in [0.15, 0.2) is 0 Å². The van der Waals surface area contributed by atoms with Gasteiger partial charge in [-0.2, -0.15) is 0 Å². The molecular formula is C15H24N4O2. The molecule has 1 aromatic heterocycles. The Labute approximate surface area is 125 Å². The minimum Gasteiger partial charge on any atom is -0.396 e. The predicted molar refractivity (Wildman–Crippen MR) is 80.8 cm³/mol. The first-order valence-electron chi connectivity index (χ1n) is 7.40. The van der Waals surface area contributed by atoms with E-state index in [1.54, 1.807) is 6.20 Å². The number of nitrogens with zero attached hydrogens (tertiary/aromatic N) is 3. The van der Waals surface area contributed by atoms with Crippen LogP contribution in [0.15, 0.2) is 18.6 Å². The Kier molecular flexibility index (Phi) is 4.77. The highest BCUT2D eigenvalue weighted by atomic mass is 16.3. The van der Waals surface area contributed by atoms with Crippen molar-refractivity contribution in [2.24, 2.45) is 11.3 Å². The molecule has 1 aliphatic rings. The quantitative estimate of drug-likeness (QED) is 0.840. The van der Waals surface area contributed by atoms with Crippen LogP contribution < -0.4 is 10.2 Å². The lowest BCUT2D eigenvalue weighted by molar-refractivity contribution is -0.130. The first-order valence-corrected chi connectivity index (χ1v) is 7.40. The highest BCUT2D eigenvalue weighted by Crippen LogP contribution is 2.25. The predicted octanol–water partition coefficient (Wildman–Crippen LogP) is 0.826. The normalized spacial score (nSPS) is 22.4. The molecule has 21 heavy (non-hydrogen) atoms. The molecule has 6 nitrogen and oxygen atoms in total. The number of rotatable bonds is 5. The van der Waals surface area contributed by atoms with E-state index in [1.165, 1.54) is 6.33 Å². The van der Waals surface area contributed by atoms with Gasteiger partial charge in [0.05, 0.1) is 6.04 Å². The molecule has 1 aromatic rings. The minimum absolute atomic E-state index is 0.0246. The lowest BCUT2D eigenvalue weighted by Gasteiger charge is -2.26. The lowest BCUT2D eigenvalue weighted by atomic mass is 9.88. The van der Waals surface area contributed by atoms with E-state index in [0.717, 1.165) is 12.2 Å². The van der Waals surface area contributed by atoms with Gasteiger partial charge < -0.3 is 15.3 Å². The van der Waals surface area contributed by atoms with Crippen LogP contribution in [0.2, 0.25) is 0 Å². The molecule has 0 aliphatic carbocycles. The molecule has 0 spiro atoms. The highest BCUT2D eigenvalue weighted by molar-refractivity contribution is 5.82. The van der Waals surface area contributed by atoms with Gasteiger partial charge in [0.1, 0.15) is 12.1 Å². The van der Waals surface area contributed by atoms with Crippen LogP contribution in [0.5, 0.6) is 0 Å². The van der Waals surface area contributed by atoms with E-state index in [9.17, 15) is 9.90 Å². The zero-order valence-electron chi connectivity index (χ0n) is 12.9. The minimum atomic E-state index is -0.387. The summed E-state index contributed by atoms with van der Waals surface area (Å²) in [5.74, 6) is 0.893. The maximum atomic E-state index is 12.3. The Morgan fingerprint density at radius 2 is 2.29 bits per heavy atom. The van der Waals surface area contributed by atoms with E-state index in [-0.39, 0.29) is 29.9 Å². The SMILES string of the molecule is CCC(C)(C)C(=O)N[C@@H]1CN(c2ccncn2)C[C@H]1CO. The van der Waals surface area contributed by atoms with Crippen molar-refractivity contribution < 1.29 is 9.90 Å². The molecule has 2 N–H and O–H groups in total. The van der Waals surface area contributed by atoms with E-state index in [2.05, 4.69) is 20.2 Å². The molecule has 0 bridgehead atoms. The van der Waals surface area contributed by atoms with Crippen LogP contribution in [0, 0.1) is 11.3 Å². The molecule has 0 radical (unpaired) electrons. The fourth-order valence-corrected chi connectivity index (χ4v) is 2.40. The molecule has 116 valence electrons. The molecule has 2 rings (SSSR count). The van der Waals surface area contributed by atoms with Crippen molar-refractivity contribution in [3.63, 3.8) is 0 Å². The van der Waals surface area contributed by atoms with Gasteiger partial charge in [-0.25, -0.2) is 9.97 Å². The number of carbonyl (C=O) groups excluding carboxylic acids is 1. The Morgan fingerprint density at radius 1 is 1.52 bits per heavy atom. The number of aliphatic hydroxyl groups excluding tert-OH is 1. The second-order valence-corrected chi connectivity index (χ2v) is 6.23.